The fourth-order valence-corrected chi connectivity index (χ4v) is 2.34. The maximum Gasteiger partial charge on any atom is 0.110 e. The topological polar surface area (TPSA) is 58.5 Å². The molecule has 0 saturated heterocycles. The molecule has 3 aromatic rings. The summed E-state index contributed by atoms with van der Waals surface area (Å²) >= 11 is 0. The quantitative estimate of drug-likeness (QED) is 0.756. The second-order valence-electron chi connectivity index (χ2n) is 5.12. The monoisotopic (exact) mass is 281 g/mol. The van der Waals surface area contributed by atoms with Crippen LogP contribution in [0.25, 0.3) is 5.69 Å². The summed E-state index contributed by atoms with van der Waals surface area (Å²) < 4.78 is 2.08. The Labute approximate surface area is 124 Å². The van der Waals surface area contributed by atoms with Gasteiger partial charge in [0.1, 0.15) is 5.82 Å². The van der Waals surface area contributed by atoms with E-state index >= 15 is 0 Å². The molecule has 108 valence electrons. The molecule has 2 N–H and O–H groups in total. The number of aromatic nitrogens is 4. The first-order valence-corrected chi connectivity index (χ1v) is 7.06. The third kappa shape index (κ3) is 3.03. The van der Waals surface area contributed by atoms with E-state index in [1.165, 1.54) is 5.56 Å². The van der Waals surface area contributed by atoms with Crippen molar-refractivity contribution in [3.8, 4) is 5.69 Å². The molecule has 1 atom stereocenters. The molecule has 0 aliphatic heterocycles. The highest BCUT2D eigenvalue weighted by atomic mass is 15.1. The number of H-pyrrole nitrogens is 1. The smallest absolute Gasteiger partial charge is 0.110 e. The molecule has 0 fully saturated rings. The third-order valence-electron chi connectivity index (χ3n) is 3.65. The molecule has 2 heterocycles. The lowest BCUT2D eigenvalue weighted by molar-refractivity contribution is 0.567. The van der Waals surface area contributed by atoms with Crippen LogP contribution >= 0.6 is 0 Å². The van der Waals surface area contributed by atoms with Gasteiger partial charge in [0, 0.05) is 42.6 Å². The number of imidazole rings is 1. The maximum absolute atomic E-state index is 4.25. The van der Waals surface area contributed by atoms with Gasteiger partial charge >= 0.3 is 0 Å². The zero-order chi connectivity index (χ0) is 14.7. The van der Waals surface area contributed by atoms with Gasteiger partial charge in [-0.25, -0.2) is 4.98 Å². The summed E-state index contributed by atoms with van der Waals surface area (Å²) in [6, 6.07) is 10.8. The van der Waals surface area contributed by atoms with E-state index in [9.17, 15) is 0 Å². The molecule has 0 saturated carbocycles. The van der Waals surface area contributed by atoms with Gasteiger partial charge in [-0.05, 0) is 37.6 Å². The van der Waals surface area contributed by atoms with Gasteiger partial charge in [-0.1, -0.05) is 12.1 Å². The number of aromatic amines is 1. The van der Waals surface area contributed by atoms with E-state index in [0.29, 0.717) is 0 Å². The summed E-state index contributed by atoms with van der Waals surface area (Å²) in [5.41, 5.74) is 3.48. The minimum Gasteiger partial charge on any atom is -0.305 e. The zero-order valence-electron chi connectivity index (χ0n) is 12.2. The van der Waals surface area contributed by atoms with E-state index in [1.807, 2.05) is 25.4 Å². The largest absolute Gasteiger partial charge is 0.305 e. The molecule has 0 amide bonds. The number of nitrogens with one attached hydrogen (secondary N) is 2. The van der Waals surface area contributed by atoms with Crippen LogP contribution in [-0.2, 0) is 6.54 Å². The Morgan fingerprint density at radius 2 is 2.00 bits per heavy atom. The van der Waals surface area contributed by atoms with Gasteiger partial charge in [0.05, 0.1) is 0 Å². The Balaban J connectivity index is 1.67. The molecular weight excluding hydrogens is 262 g/mol. The molecule has 0 spiro atoms. The fraction of sp³-hybridized carbons (Fsp3) is 0.250. The summed E-state index contributed by atoms with van der Waals surface area (Å²) in [4.78, 5) is 4.25. The predicted octanol–water partition coefficient (Wildman–Crippen LogP) is 2.75. The Morgan fingerprint density at radius 3 is 2.62 bits per heavy atom. The Morgan fingerprint density at radius 1 is 1.19 bits per heavy atom. The number of rotatable bonds is 5. The molecule has 0 radical (unpaired) electrons. The predicted molar refractivity (Wildman–Crippen MR) is 82.1 cm³/mol. The van der Waals surface area contributed by atoms with Crippen LogP contribution in [0.4, 0.5) is 0 Å². The van der Waals surface area contributed by atoms with Crippen LogP contribution in [0.3, 0.4) is 0 Å². The van der Waals surface area contributed by atoms with Gasteiger partial charge in [0.25, 0.3) is 0 Å². The van der Waals surface area contributed by atoms with Crippen LogP contribution < -0.4 is 5.32 Å². The van der Waals surface area contributed by atoms with Crippen molar-refractivity contribution in [1.82, 2.24) is 25.1 Å². The van der Waals surface area contributed by atoms with E-state index in [4.69, 9.17) is 0 Å². The number of hydrogen-bond donors (Lipinski definition) is 2. The van der Waals surface area contributed by atoms with Crippen molar-refractivity contribution < 1.29 is 0 Å². The van der Waals surface area contributed by atoms with Crippen LogP contribution in [0.2, 0.25) is 0 Å². The molecule has 3 rings (SSSR count). The van der Waals surface area contributed by atoms with Crippen LogP contribution in [0.15, 0.2) is 48.9 Å². The molecule has 0 unspecified atom stereocenters. The first-order valence-electron chi connectivity index (χ1n) is 7.06. The van der Waals surface area contributed by atoms with E-state index in [-0.39, 0.29) is 6.04 Å². The Kier molecular flexibility index (Phi) is 3.83. The molecule has 0 aliphatic carbocycles. The number of benzene rings is 1. The second-order valence-corrected chi connectivity index (χ2v) is 5.12. The van der Waals surface area contributed by atoms with Gasteiger partial charge in [0.15, 0.2) is 0 Å². The van der Waals surface area contributed by atoms with Crippen molar-refractivity contribution in [3.05, 3.63) is 66.0 Å². The zero-order valence-corrected chi connectivity index (χ0v) is 12.2. The first kappa shape index (κ1) is 13.6. The van der Waals surface area contributed by atoms with Crippen molar-refractivity contribution in [1.29, 1.82) is 0 Å². The highest BCUT2D eigenvalue weighted by Crippen LogP contribution is 2.17. The lowest BCUT2D eigenvalue weighted by Gasteiger charge is -2.14. The number of aryl methyl sites for hydroxylation is 1. The van der Waals surface area contributed by atoms with Crippen LogP contribution in [-0.4, -0.2) is 19.7 Å². The van der Waals surface area contributed by atoms with Crippen molar-refractivity contribution in [2.75, 3.05) is 0 Å². The van der Waals surface area contributed by atoms with Gasteiger partial charge in [-0.3, -0.25) is 5.10 Å². The Hall–Kier alpha value is -2.40. The molecule has 0 bridgehead atoms. The molecule has 21 heavy (non-hydrogen) atoms. The van der Waals surface area contributed by atoms with Crippen molar-refractivity contribution in [2.45, 2.75) is 26.4 Å². The average molecular weight is 281 g/mol. The first-order chi connectivity index (χ1) is 10.2. The summed E-state index contributed by atoms with van der Waals surface area (Å²) in [5, 5.41) is 10.4. The number of hydrogen-bond acceptors (Lipinski definition) is 3. The standard InChI is InChI=1S/C16H19N5/c1-12(18-11-15-7-8-19-20-15)14-3-5-16(6-4-14)21-10-9-17-13(21)2/h3-10,12,18H,11H2,1-2H3,(H,19,20)/t12-/m1/s1. The van der Waals surface area contributed by atoms with E-state index in [2.05, 4.69) is 56.3 Å². The minimum atomic E-state index is 0.284. The van der Waals surface area contributed by atoms with Crippen molar-refractivity contribution >= 4 is 0 Å². The van der Waals surface area contributed by atoms with Crippen molar-refractivity contribution in [3.63, 3.8) is 0 Å². The van der Waals surface area contributed by atoms with Crippen LogP contribution in [0, 0.1) is 6.92 Å². The summed E-state index contributed by atoms with van der Waals surface area (Å²) in [5.74, 6) is 0.994. The SMILES string of the molecule is Cc1nccn1-c1ccc([C@@H](C)NCc2ccn[nH]2)cc1. The molecular formula is C16H19N5. The molecule has 1 aromatic carbocycles. The summed E-state index contributed by atoms with van der Waals surface area (Å²) in [6.07, 6.45) is 5.56. The lowest BCUT2D eigenvalue weighted by Crippen LogP contribution is -2.18. The van der Waals surface area contributed by atoms with Gasteiger partial charge in [-0.15, -0.1) is 0 Å². The highest BCUT2D eigenvalue weighted by molar-refractivity contribution is 5.36. The lowest BCUT2D eigenvalue weighted by atomic mass is 10.1. The van der Waals surface area contributed by atoms with Gasteiger partial charge < -0.3 is 9.88 Å². The molecule has 5 heteroatoms. The molecule has 5 nitrogen and oxygen atoms in total. The second kappa shape index (κ2) is 5.93. The van der Waals surface area contributed by atoms with Gasteiger partial charge in [0.2, 0.25) is 0 Å². The normalized spacial score (nSPS) is 12.5. The third-order valence-corrected chi connectivity index (χ3v) is 3.65. The minimum absolute atomic E-state index is 0.284. The van der Waals surface area contributed by atoms with Crippen LogP contribution in [0.5, 0.6) is 0 Å². The molecule has 0 aliphatic rings. The van der Waals surface area contributed by atoms with Crippen molar-refractivity contribution in [2.24, 2.45) is 0 Å². The average Bonchev–Trinajstić information content (AvgIpc) is 3.16. The Bertz CT molecular complexity index is 682. The summed E-state index contributed by atoms with van der Waals surface area (Å²) in [6.45, 7) is 4.94. The van der Waals surface area contributed by atoms with E-state index < -0.39 is 0 Å². The molecule has 2 aromatic heterocycles. The van der Waals surface area contributed by atoms with Gasteiger partial charge in [-0.2, -0.15) is 5.10 Å². The fourth-order valence-electron chi connectivity index (χ4n) is 2.34. The number of nitrogens with zero attached hydrogens (tertiary/aromatic N) is 3. The maximum atomic E-state index is 4.25. The highest BCUT2D eigenvalue weighted by Gasteiger charge is 2.06. The van der Waals surface area contributed by atoms with E-state index in [1.54, 1.807) is 6.20 Å². The van der Waals surface area contributed by atoms with Crippen LogP contribution in [0.1, 0.15) is 30.0 Å². The van der Waals surface area contributed by atoms with E-state index in [0.717, 1.165) is 23.8 Å². The summed E-state index contributed by atoms with van der Waals surface area (Å²) in [7, 11) is 0.